The maximum Gasteiger partial charge on any atom is 0.268 e. The molecule has 0 radical (unpaired) electrons. The number of anilines is 1. The number of nitrogens with one attached hydrogen (secondary N) is 1. The van der Waals surface area contributed by atoms with Crippen molar-refractivity contribution in [2.45, 2.75) is 32.9 Å². The third kappa shape index (κ3) is 3.25. The van der Waals surface area contributed by atoms with Crippen LogP contribution < -0.4 is 5.32 Å². The molecule has 0 bridgehead atoms. The molecular weight excluding hydrogens is 351 g/mol. The second-order valence-corrected chi connectivity index (χ2v) is 6.20. The maximum atomic E-state index is 12.4. The van der Waals surface area contributed by atoms with E-state index in [-0.39, 0.29) is 5.91 Å². The molecule has 0 spiro atoms. The first-order valence-electron chi connectivity index (χ1n) is 7.51. The van der Waals surface area contributed by atoms with Crippen LogP contribution in [0.2, 0.25) is 10.0 Å². The average molecular weight is 367 g/mol. The van der Waals surface area contributed by atoms with Crippen LogP contribution in [0.1, 0.15) is 24.6 Å². The summed E-state index contributed by atoms with van der Waals surface area (Å²) in [6.07, 6.45) is 1.57. The molecular formula is C16H16Cl2N4O2. The van der Waals surface area contributed by atoms with E-state index < -0.39 is 6.10 Å². The van der Waals surface area contributed by atoms with Crippen molar-refractivity contribution in [3.05, 3.63) is 45.7 Å². The molecule has 1 N–H and O–H groups in total. The molecule has 2 heterocycles. The predicted molar refractivity (Wildman–Crippen MR) is 93.8 cm³/mol. The molecule has 1 amide bonds. The molecule has 1 aliphatic heterocycles. The van der Waals surface area contributed by atoms with Crippen LogP contribution in [0, 0.1) is 6.92 Å². The van der Waals surface area contributed by atoms with Crippen molar-refractivity contribution in [1.29, 1.82) is 0 Å². The summed E-state index contributed by atoms with van der Waals surface area (Å²) in [5.74, 6) is -0.321. The molecule has 1 aliphatic rings. The van der Waals surface area contributed by atoms with Gasteiger partial charge in [-0.25, -0.2) is 0 Å². The third-order valence-electron chi connectivity index (χ3n) is 3.75. The number of carbonyl (C=O) groups is 1. The minimum atomic E-state index is -0.709. The topological polar surface area (TPSA) is 68.5 Å². The van der Waals surface area contributed by atoms with Crippen LogP contribution in [0.15, 0.2) is 29.6 Å². The Morgan fingerprint density at radius 3 is 2.96 bits per heavy atom. The van der Waals surface area contributed by atoms with Crippen molar-refractivity contribution >= 4 is 40.5 Å². The van der Waals surface area contributed by atoms with Crippen molar-refractivity contribution in [2.75, 3.05) is 5.32 Å². The molecule has 1 unspecified atom stereocenters. The van der Waals surface area contributed by atoms with E-state index in [0.717, 1.165) is 17.8 Å². The molecule has 1 aromatic carbocycles. The van der Waals surface area contributed by atoms with Crippen LogP contribution in [0.5, 0.6) is 0 Å². The summed E-state index contributed by atoms with van der Waals surface area (Å²) in [5, 5.41) is 11.8. The standard InChI is InChI=1S/C16H16Cl2N4O2/c1-3-22-8-10(9(2)20-22)13-7-14(24-21-13)16(23)19-12-6-4-5-11(17)15(12)18/h4-6,8,14H,3,7H2,1-2H3,(H,19,23). The van der Waals surface area contributed by atoms with Crippen molar-refractivity contribution in [1.82, 2.24) is 9.78 Å². The number of hydrogen-bond donors (Lipinski definition) is 1. The molecule has 6 nitrogen and oxygen atoms in total. The van der Waals surface area contributed by atoms with Crippen molar-refractivity contribution in [2.24, 2.45) is 5.16 Å². The Hall–Kier alpha value is -2.05. The Morgan fingerprint density at radius 1 is 1.46 bits per heavy atom. The zero-order valence-corrected chi connectivity index (χ0v) is 14.7. The number of nitrogens with zero attached hydrogens (tertiary/aromatic N) is 3. The van der Waals surface area contributed by atoms with E-state index in [2.05, 4.69) is 15.6 Å². The Morgan fingerprint density at radius 2 is 2.25 bits per heavy atom. The SMILES string of the molecule is CCn1cc(C2=NOC(C(=O)Nc3cccc(Cl)c3Cl)C2)c(C)n1. The fourth-order valence-corrected chi connectivity index (χ4v) is 2.80. The summed E-state index contributed by atoms with van der Waals surface area (Å²) >= 11 is 12.0. The minimum absolute atomic E-state index is 0.298. The van der Waals surface area contributed by atoms with E-state index >= 15 is 0 Å². The van der Waals surface area contributed by atoms with Crippen molar-refractivity contribution in [3.8, 4) is 0 Å². The molecule has 3 rings (SSSR count). The molecule has 24 heavy (non-hydrogen) atoms. The number of oxime groups is 1. The van der Waals surface area contributed by atoms with Gasteiger partial charge in [0, 0.05) is 24.7 Å². The van der Waals surface area contributed by atoms with Gasteiger partial charge in [0.25, 0.3) is 5.91 Å². The van der Waals surface area contributed by atoms with E-state index in [1.807, 2.05) is 24.7 Å². The van der Waals surface area contributed by atoms with E-state index in [1.165, 1.54) is 0 Å². The summed E-state index contributed by atoms with van der Waals surface area (Å²) in [5.41, 5.74) is 2.91. The molecule has 0 aliphatic carbocycles. The van der Waals surface area contributed by atoms with Crippen molar-refractivity contribution < 1.29 is 9.63 Å². The van der Waals surface area contributed by atoms with Crippen LogP contribution >= 0.6 is 23.2 Å². The molecule has 1 aromatic heterocycles. The quantitative estimate of drug-likeness (QED) is 0.897. The average Bonchev–Trinajstić information content (AvgIpc) is 3.18. The van der Waals surface area contributed by atoms with Gasteiger partial charge in [-0.1, -0.05) is 34.4 Å². The predicted octanol–water partition coefficient (Wildman–Crippen LogP) is 3.65. The lowest BCUT2D eigenvalue weighted by atomic mass is 10.1. The van der Waals surface area contributed by atoms with Crippen LogP contribution in [0.25, 0.3) is 0 Å². The van der Waals surface area contributed by atoms with Crippen LogP contribution in [0.3, 0.4) is 0 Å². The van der Waals surface area contributed by atoms with E-state index in [1.54, 1.807) is 18.2 Å². The second-order valence-electron chi connectivity index (χ2n) is 5.41. The number of amides is 1. The zero-order valence-electron chi connectivity index (χ0n) is 13.2. The summed E-state index contributed by atoms with van der Waals surface area (Å²) in [4.78, 5) is 17.7. The van der Waals surface area contributed by atoms with Gasteiger partial charge < -0.3 is 10.2 Å². The highest BCUT2D eigenvalue weighted by Crippen LogP contribution is 2.30. The van der Waals surface area contributed by atoms with Gasteiger partial charge in [-0.3, -0.25) is 9.48 Å². The Labute approximate surface area is 149 Å². The van der Waals surface area contributed by atoms with Gasteiger partial charge in [-0.05, 0) is 26.0 Å². The fraction of sp³-hybridized carbons (Fsp3) is 0.312. The number of benzene rings is 1. The first-order chi connectivity index (χ1) is 11.5. The summed E-state index contributed by atoms with van der Waals surface area (Å²) in [7, 11) is 0. The third-order valence-corrected chi connectivity index (χ3v) is 4.57. The minimum Gasteiger partial charge on any atom is -0.382 e. The highest BCUT2D eigenvalue weighted by molar-refractivity contribution is 6.44. The lowest BCUT2D eigenvalue weighted by Gasteiger charge is -2.11. The van der Waals surface area contributed by atoms with Crippen molar-refractivity contribution in [3.63, 3.8) is 0 Å². The highest BCUT2D eigenvalue weighted by atomic mass is 35.5. The molecule has 0 saturated carbocycles. The monoisotopic (exact) mass is 366 g/mol. The van der Waals surface area contributed by atoms with Gasteiger partial charge in [-0.15, -0.1) is 0 Å². The Kier molecular flexibility index (Phi) is 4.78. The number of carbonyl (C=O) groups excluding carboxylic acids is 1. The van der Waals surface area contributed by atoms with E-state index in [4.69, 9.17) is 28.0 Å². The normalized spacial score (nSPS) is 16.7. The number of halogens is 2. The highest BCUT2D eigenvalue weighted by Gasteiger charge is 2.30. The number of rotatable bonds is 4. The molecule has 8 heteroatoms. The molecule has 1 atom stereocenters. The first-order valence-corrected chi connectivity index (χ1v) is 8.27. The number of aromatic nitrogens is 2. The summed E-state index contributed by atoms with van der Waals surface area (Å²) in [6, 6.07) is 5.04. The van der Waals surface area contributed by atoms with Crippen LogP contribution in [-0.2, 0) is 16.2 Å². The Balaban J connectivity index is 1.69. The second kappa shape index (κ2) is 6.83. The maximum absolute atomic E-state index is 12.4. The van der Waals surface area contributed by atoms with Gasteiger partial charge in [0.15, 0.2) is 0 Å². The van der Waals surface area contributed by atoms with Crippen LogP contribution in [-0.4, -0.2) is 27.5 Å². The number of aryl methyl sites for hydroxylation is 2. The van der Waals surface area contributed by atoms with Gasteiger partial charge in [0.05, 0.1) is 27.1 Å². The number of hydrogen-bond acceptors (Lipinski definition) is 4. The van der Waals surface area contributed by atoms with Gasteiger partial charge in [-0.2, -0.15) is 5.10 Å². The molecule has 126 valence electrons. The smallest absolute Gasteiger partial charge is 0.268 e. The molecule has 0 saturated heterocycles. The molecule has 0 fully saturated rings. The largest absolute Gasteiger partial charge is 0.382 e. The van der Waals surface area contributed by atoms with Crippen LogP contribution in [0.4, 0.5) is 5.69 Å². The first kappa shape index (κ1) is 16.8. The summed E-state index contributed by atoms with van der Waals surface area (Å²) < 4.78 is 1.83. The molecule has 2 aromatic rings. The zero-order chi connectivity index (χ0) is 17.3. The van der Waals surface area contributed by atoms with E-state index in [0.29, 0.717) is 27.9 Å². The van der Waals surface area contributed by atoms with Gasteiger partial charge >= 0.3 is 0 Å². The Bertz CT molecular complexity index is 816. The van der Waals surface area contributed by atoms with Gasteiger partial charge in [0.1, 0.15) is 0 Å². The fourth-order valence-electron chi connectivity index (χ4n) is 2.45. The van der Waals surface area contributed by atoms with Gasteiger partial charge in [0.2, 0.25) is 6.10 Å². The lowest BCUT2D eigenvalue weighted by molar-refractivity contribution is -0.125. The lowest BCUT2D eigenvalue weighted by Crippen LogP contribution is -2.28. The summed E-state index contributed by atoms with van der Waals surface area (Å²) in [6.45, 7) is 4.68. The van der Waals surface area contributed by atoms with E-state index in [9.17, 15) is 4.79 Å².